The molecule has 0 bridgehead atoms. The molecule has 0 unspecified atom stereocenters. The highest BCUT2D eigenvalue weighted by Gasteiger charge is 2.01. The van der Waals surface area contributed by atoms with E-state index in [1.807, 2.05) is 6.07 Å². The van der Waals surface area contributed by atoms with E-state index in [2.05, 4.69) is 5.32 Å². The Balaban J connectivity index is 2.45. The molecule has 0 aliphatic rings. The Kier molecular flexibility index (Phi) is 5.45. The van der Waals surface area contributed by atoms with Crippen LogP contribution in [-0.2, 0) is 11.3 Å². The van der Waals surface area contributed by atoms with Gasteiger partial charge in [-0.2, -0.15) is 0 Å². The van der Waals surface area contributed by atoms with Gasteiger partial charge in [0.25, 0.3) is 0 Å². The lowest BCUT2D eigenvalue weighted by atomic mass is 10.2. The maximum atomic E-state index is 10.3. The third kappa shape index (κ3) is 5.89. The van der Waals surface area contributed by atoms with Gasteiger partial charge in [0, 0.05) is 13.1 Å². The molecule has 0 aromatic heterocycles. The first kappa shape index (κ1) is 13.5. The number of rotatable bonds is 7. The summed E-state index contributed by atoms with van der Waals surface area (Å²) >= 11 is 0. The molecule has 3 N–H and O–H groups in total. The molecule has 5 nitrogen and oxygen atoms in total. The van der Waals surface area contributed by atoms with Gasteiger partial charge < -0.3 is 20.3 Å². The van der Waals surface area contributed by atoms with Crippen LogP contribution in [0.25, 0.3) is 0 Å². The summed E-state index contributed by atoms with van der Waals surface area (Å²) in [6, 6.07) is 7.19. The van der Waals surface area contributed by atoms with Gasteiger partial charge in [-0.3, -0.25) is 0 Å². The Morgan fingerprint density at radius 1 is 1.53 bits per heavy atom. The van der Waals surface area contributed by atoms with E-state index in [4.69, 9.17) is 14.9 Å². The molecule has 0 aliphatic heterocycles. The average Bonchev–Trinajstić information content (AvgIpc) is 2.26. The summed E-state index contributed by atoms with van der Waals surface area (Å²) in [4.78, 5) is 10.3. The summed E-state index contributed by atoms with van der Waals surface area (Å²) in [5.41, 5.74) is 0.980. The fourth-order valence-electron chi connectivity index (χ4n) is 1.32. The molecule has 0 aliphatic carbocycles. The minimum absolute atomic E-state index is 0.343. The molecule has 0 spiro atoms. The minimum atomic E-state index is -0.998. The second-order valence-electron chi connectivity index (χ2n) is 3.81. The molecule has 0 fully saturated rings. The Bertz CT molecular complexity index is 365. The van der Waals surface area contributed by atoms with Crippen LogP contribution >= 0.6 is 0 Å². The van der Waals surface area contributed by atoms with Crippen molar-refractivity contribution in [3.8, 4) is 5.75 Å². The molecule has 0 saturated carbocycles. The number of carbonyl (C=O) groups is 1. The largest absolute Gasteiger partial charge is 0.482 e. The first-order valence-corrected chi connectivity index (χ1v) is 5.40. The zero-order chi connectivity index (χ0) is 12.7. The van der Waals surface area contributed by atoms with Crippen LogP contribution in [0.1, 0.15) is 12.5 Å². The summed E-state index contributed by atoms with van der Waals surface area (Å²) in [5.74, 6) is -0.466. The van der Waals surface area contributed by atoms with E-state index in [9.17, 15) is 4.79 Å². The fourth-order valence-corrected chi connectivity index (χ4v) is 1.32. The molecular formula is C12H17NO4. The third-order valence-electron chi connectivity index (χ3n) is 2.03. The molecule has 0 radical (unpaired) electrons. The van der Waals surface area contributed by atoms with E-state index < -0.39 is 5.97 Å². The van der Waals surface area contributed by atoms with E-state index in [1.165, 1.54) is 0 Å². The average molecular weight is 239 g/mol. The highest BCUT2D eigenvalue weighted by atomic mass is 16.5. The van der Waals surface area contributed by atoms with Crippen molar-refractivity contribution in [2.24, 2.45) is 0 Å². The van der Waals surface area contributed by atoms with E-state index in [0.717, 1.165) is 5.56 Å². The quantitative estimate of drug-likeness (QED) is 0.650. The summed E-state index contributed by atoms with van der Waals surface area (Å²) in [6.07, 6.45) is -0.388. The molecule has 0 saturated heterocycles. The lowest BCUT2D eigenvalue weighted by Crippen LogP contribution is -2.23. The van der Waals surface area contributed by atoms with E-state index in [0.29, 0.717) is 18.8 Å². The summed E-state index contributed by atoms with van der Waals surface area (Å²) in [5, 5.41) is 20.6. The monoisotopic (exact) mass is 239 g/mol. The molecule has 1 atom stereocenters. The molecule has 17 heavy (non-hydrogen) atoms. The van der Waals surface area contributed by atoms with Crippen molar-refractivity contribution in [2.75, 3.05) is 13.2 Å². The Labute approximate surface area is 100 Å². The second kappa shape index (κ2) is 6.88. The van der Waals surface area contributed by atoms with Crippen LogP contribution in [0.5, 0.6) is 5.75 Å². The summed E-state index contributed by atoms with van der Waals surface area (Å²) < 4.78 is 5.06. The molecule has 1 aromatic rings. The van der Waals surface area contributed by atoms with Crippen LogP contribution < -0.4 is 10.1 Å². The van der Waals surface area contributed by atoms with Gasteiger partial charge >= 0.3 is 5.97 Å². The first-order valence-electron chi connectivity index (χ1n) is 5.40. The lowest BCUT2D eigenvalue weighted by Gasteiger charge is -2.08. The van der Waals surface area contributed by atoms with Crippen LogP contribution in [0.2, 0.25) is 0 Å². The van der Waals surface area contributed by atoms with Gasteiger partial charge in [-0.1, -0.05) is 12.1 Å². The van der Waals surface area contributed by atoms with E-state index in [1.54, 1.807) is 25.1 Å². The van der Waals surface area contributed by atoms with Crippen molar-refractivity contribution >= 4 is 5.97 Å². The van der Waals surface area contributed by atoms with Gasteiger partial charge in [-0.25, -0.2) is 4.79 Å². The molecule has 0 amide bonds. The number of carboxylic acids is 1. The van der Waals surface area contributed by atoms with Crippen molar-refractivity contribution in [3.63, 3.8) is 0 Å². The number of aliphatic carboxylic acids is 1. The first-order chi connectivity index (χ1) is 8.08. The number of ether oxygens (including phenoxy) is 1. The van der Waals surface area contributed by atoms with Crippen molar-refractivity contribution in [1.82, 2.24) is 5.32 Å². The normalized spacial score (nSPS) is 12.1. The number of benzene rings is 1. The van der Waals surface area contributed by atoms with Crippen molar-refractivity contribution in [1.29, 1.82) is 0 Å². The van der Waals surface area contributed by atoms with Crippen molar-refractivity contribution in [3.05, 3.63) is 29.8 Å². The number of carboxylic acid groups (broad SMARTS) is 1. The number of nitrogens with one attached hydrogen (secondary N) is 1. The van der Waals surface area contributed by atoms with Crippen LogP contribution in [0.15, 0.2) is 24.3 Å². The lowest BCUT2D eigenvalue weighted by molar-refractivity contribution is -0.139. The molecule has 5 heteroatoms. The highest BCUT2D eigenvalue weighted by molar-refractivity contribution is 5.68. The predicted molar refractivity (Wildman–Crippen MR) is 63.0 cm³/mol. The third-order valence-corrected chi connectivity index (χ3v) is 2.03. The number of aliphatic hydroxyl groups excluding tert-OH is 1. The van der Waals surface area contributed by atoms with Gasteiger partial charge in [-0.05, 0) is 24.6 Å². The minimum Gasteiger partial charge on any atom is -0.482 e. The predicted octanol–water partition coefficient (Wildman–Crippen LogP) is 0.620. The summed E-state index contributed by atoms with van der Waals surface area (Å²) in [7, 11) is 0. The van der Waals surface area contributed by atoms with Gasteiger partial charge in [0.2, 0.25) is 0 Å². The SMILES string of the molecule is C[C@@H](O)CNCc1cccc(OCC(=O)O)c1. The van der Waals surface area contributed by atoms with Crippen LogP contribution in [0, 0.1) is 0 Å². The Hall–Kier alpha value is -1.59. The molecule has 1 rings (SSSR count). The summed E-state index contributed by atoms with van der Waals surface area (Å²) in [6.45, 7) is 2.49. The van der Waals surface area contributed by atoms with E-state index in [-0.39, 0.29) is 12.7 Å². The van der Waals surface area contributed by atoms with Gasteiger partial charge in [0.1, 0.15) is 5.75 Å². The fraction of sp³-hybridized carbons (Fsp3) is 0.417. The topological polar surface area (TPSA) is 78.8 Å². The van der Waals surface area contributed by atoms with Gasteiger partial charge in [0.15, 0.2) is 6.61 Å². The van der Waals surface area contributed by atoms with Crippen LogP contribution in [-0.4, -0.2) is 35.4 Å². The molecule has 0 heterocycles. The van der Waals surface area contributed by atoms with Crippen molar-refractivity contribution < 1.29 is 19.7 Å². The van der Waals surface area contributed by atoms with Gasteiger partial charge in [-0.15, -0.1) is 0 Å². The zero-order valence-electron chi connectivity index (χ0n) is 9.72. The highest BCUT2D eigenvalue weighted by Crippen LogP contribution is 2.13. The smallest absolute Gasteiger partial charge is 0.341 e. The number of aliphatic hydroxyl groups is 1. The van der Waals surface area contributed by atoms with Crippen LogP contribution in [0.3, 0.4) is 0 Å². The standard InChI is InChI=1S/C12H17NO4/c1-9(14)6-13-7-10-3-2-4-11(5-10)17-8-12(15)16/h2-5,9,13-14H,6-8H2,1H3,(H,15,16)/t9-/m1/s1. The number of hydrogen-bond donors (Lipinski definition) is 3. The Morgan fingerprint density at radius 3 is 2.94 bits per heavy atom. The maximum Gasteiger partial charge on any atom is 0.341 e. The Morgan fingerprint density at radius 2 is 2.29 bits per heavy atom. The molecule has 1 aromatic carbocycles. The number of hydrogen-bond acceptors (Lipinski definition) is 4. The van der Waals surface area contributed by atoms with Crippen molar-refractivity contribution in [2.45, 2.75) is 19.6 Å². The van der Waals surface area contributed by atoms with E-state index >= 15 is 0 Å². The maximum absolute atomic E-state index is 10.3. The zero-order valence-corrected chi connectivity index (χ0v) is 9.72. The van der Waals surface area contributed by atoms with Gasteiger partial charge in [0.05, 0.1) is 6.10 Å². The molecule has 94 valence electrons. The van der Waals surface area contributed by atoms with Crippen LogP contribution in [0.4, 0.5) is 0 Å². The molecular weight excluding hydrogens is 222 g/mol. The second-order valence-corrected chi connectivity index (χ2v) is 3.81.